The molecule has 2 rings (SSSR count). The van der Waals surface area contributed by atoms with Gasteiger partial charge in [-0.25, -0.2) is 9.78 Å². The van der Waals surface area contributed by atoms with Gasteiger partial charge in [-0.05, 0) is 26.7 Å². The van der Waals surface area contributed by atoms with E-state index in [9.17, 15) is 14.4 Å². The summed E-state index contributed by atoms with van der Waals surface area (Å²) in [4.78, 5) is 41.4. The first-order valence-corrected chi connectivity index (χ1v) is 8.99. The highest BCUT2D eigenvalue weighted by atomic mass is 32.1. The predicted octanol–water partition coefficient (Wildman–Crippen LogP) is 2.15. The van der Waals surface area contributed by atoms with E-state index in [1.807, 2.05) is 0 Å². The van der Waals surface area contributed by atoms with E-state index in [0.717, 1.165) is 12.8 Å². The number of carbonyl (C=O) groups excluding carboxylic acids is 3. The Morgan fingerprint density at radius 1 is 1.21 bits per heavy atom. The van der Waals surface area contributed by atoms with Crippen molar-refractivity contribution in [2.75, 3.05) is 13.2 Å². The number of carbonyl (C=O) groups is 3. The van der Waals surface area contributed by atoms with Crippen LogP contribution < -0.4 is 0 Å². The summed E-state index contributed by atoms with van der Waals surface area (Å²) >= 11 is 1.33. The van der Waals surface area contributed by atoms with Crippen molar-refractivity contribution in [3.63, 3.8) is 0 Å². The molecule has 1 aliphatic rings. The van der Waals surface area contributed by atoms with Crippen molar-refractivity contribution >= 4 is 29.2 Å². The fraction of sp³-hybridized carbons (Fsp3) is 0.625. The summed E-state index contributed by atoms with van der Waals surface area (Å²) in [5.74, 6) is -0.898. The van der Waals surface area contributed by atoms with Crippen LogP contribution in [0.3, 0.4) is 0 Å². The van der Waals surface area contributed by atoms with E-state index in [1.54, 1.807) is 24.1 Å². The van der Waals surface area contributed by atoms with Crippen LogP contribution >= 0.6 is 11.3 Å². The van der Waals surface area contributed by atoms with Crippen LogP contribution in [-0.4, -0.2) is 47.0 Å². The van der Waals surface area contributed by atoms with Gasteiger partial charge in [0.1, 0.15) is 5.01 Å². The van der Waals surface area contributed by atoms with Crippen molar-refractivity contribution in [2.24, 2.45) is 0 Å². The average Bonchev–Trinajstić information content (AvgIpc) is 3.28. The first-order chi connectivity index (χ1) is 11.5. The van der Waals surface area contributed by atoms with E-state index < -0.39 is 5.97 Å². The second kappa shape index (κ2) is 8.77. The largest absolute Gasteiger partial charge is 0.466 e. The van der Waals surface area contributed by atoms with Crippen molar-refractivity contribution in [1.82, 2.24) is 9.88 Å². The molecular formula is C16H22N2O5S. The topological polar surface area (TPSA) is 85.8 Å². The summed E-state index contributed by atoms with van der Waals surface area (Å²) in [6, 6.07) is 0.203. The van der Waals surface area contributed by atoms with E-state index in [4.69, 9.17) is 9.47 Å². The molecule has 0 bridgehead atoms. The summed E-state index contributed by atoms with van der Waals surface area (Å²) in [6.07, 6.45) is 2.13. The SMILES string of the molecule is CCOC(=O)CCC(=O)N(Cc1nc(C(=O)OCC)cs1)C1CC1. The molecular weight excluding hydrogens is 332 g/mol. The van der Waals surface area contributed by atoms with Gasteiger partial charge in [0.2, 0.25) is 5.91 Å². The number of esters is 2. The maximum absolute atomic E-state index is 12.4. The van der Waals surface area contributed by atoms with Crippen LogP contribution in [0, 0.1) is 0 Å². The zero-order valence-electron chi connectivity index (χ0n) is 13.9. The highest BCUT2D eigenvalue weighted by Gasteiger charge is 2.33. The highest BCUT2D eigenvalue weighted by molar-refractivity contribution is 7.09. The molecule has 7 nitrogen and oxygen atoms in total. The Balaban J connectivity index is 1.92. The van der Waals surface area contributed by atoms with E-state index in [1.165, 1.54) is 11.3 Å². The van der Waals surface area contributed by atoms with E-state index in [2.05, 4.69) is 4.98 Å². The minimum atomic E-state index is -0.452. The Morgan fingerprint density at radius 3 is 2.54 bits per heavy atom. The van der Waals surface area contributed by atoms with Crippen LogP contribution in [0.15, 0.2) is 5.38 Å². The molecule has 0 aliphatic heterocycles. The number of nitrogens with zero attached hydrogens (tertiary/aromatic N) is 2. The molecule has 0 aromatic carbocycles. The van der Waals surface area contributed by atoms with Gasteiger partial charge in [-0.3, -0.25) is 9.59 Å². The molecule has 1 aromatic rings. The number of amides is 1. The molecule has 1 heterocycles. The fourth-order valence-corrected chi connectivity index (χ4v) is 2.98. The Bertz CT molecular complexity index is 597. The lowest BCUT2D eigenvalue weighted by atomic mass is 10.2. The standard InChI is InChI=1S/C16H22N2O5S/c1-3-22-15(20)8-7-14(19)18(11-5-6-11)9-13-17-12(10-24-13)16(21)23-4-2/h10-11H,3-9H2,1-2H3. The highest BCUT2D eigenvalue weighted by Crippen LogP contribution is 2.29. The second-order valence-corrected chi connectivity index (χ2v) is 6.35. The third kappa shape index (κ3) is 5.30. The van der Waals surface area contributed by atoms with Crippen LogP contribution in [0.4, 0.5) is 0 Å². The first-order valence-electron chi connectivity index (χ1n) is 8.11. The molecule has 132 valence electrons. The number of aromatic nitrogens is 1. The van der Waals surface area contributed by atoms with Crippen molar-refractivity contribution in [1.29, 1.82) is 0 Å². The van der Waals surface area contributed by atoms with Crippen molar-refractivity contribution in [3.05, 3.63) is 16.1 Å². The van der Waals surface area contributed by atoms with Crippen molar-refractivity contribution in [3.8, 4) is 0 Å². The maximum atomic E-state index is 12.4. The minimum Gasteiger partial charge on any atom is -0.466 e. The monoisotopic (exact) mass is 354 g/mol. The maximum Gasteiger partial charge on any atom is 0.357 e. The van der Waals surface area contributed by atoms with E-state index in [-0.39, 0.29) is 36.5 Å². The Morgan fingerprint density at radius 2 is 1.92 bits per heavy atom. The van der Waals surface area contributed by atoms with E-state index in [0.29, 0.717) is 24.8 Å². The van der Waals surface area contributed by atoms with Gasteiger partial charge in [-0.2, -0.15) is 0 Å². The molecule has 0 spiro atoms. The smallest absolute Gasteiger partial charge is 0.357 e. The third-order valence-electron chi connectivity index (χ3n) is 3.50. The normalized spacial score (nSPS) is 13.4. The van der Waals surface area contributed by atoms with Crippen LogP contribution in [-0.2, 0) is 25.6 Å². The number of hydrogen-bond donors (Lipinski definition) is 0. The summed E-state index contributed by atoms with van der Waals surface area (Å²) in [5, 5.41) is 2.33. The van der Waals surface area contributed by atoms with Crippen LogP contribution in [0.25, 0.3) is 0 Å². The zero-order valence-corrected chi connectivity index (χ0v) is 14.8. The summed E-state index contributed by atoms with van der Waals surface area (Å²) in [7, 11) is 0. The van der Waals surface area contributed by atoms with E-state index >= 15 is 0 Å². The summed E-state index contributed by atoms with van der Waals surface area (Å²) in [5.41, 5.74) is 0.270. The first kappa shape index (κ1) is 18.4. The molecule has 1 saturated carbocycles. The lowest BCUT2D eigenvalue weighted by Crippen LogP contribution is -2.32. The average molecular weight is 354 g/mol. The molecule has 1 aliphatic carbocycles. The van der Waals surface area contributed by atoms with Gasteiger partial charge in [-0.15, -0.1) is 11.3 Å². The lowest BCUT2D eigenvalue weighted by Gasteiger charge is -2.21. The minimum absolute atomic E-state index is 0.0848. The van der Waals surface area contributed by atoms with Gasteiger partial charge in [0.25, 0.3) is 0 Å². The number of thiazole rings is 1. The molecule has 0 radical (unpaired) electrons. The Kier molecular flexibility index (Phi) is 6.72. The molecule has 1 aromatic heterocycles. The lowest BCUT2D eigenvalue weighted by molar-refractivity contribution is -0.146. The molecule has 0 N–H and O–H groups in total. The number of rotatable bonds is 9. The molecule has 24 heavy (non-hydrogen) atoms. The third-order valence-corrected chi connectivity index (χ3v) is 4.33. The van der Waals surface area contributed by atoms with Crippen molar-refractivity contribution < 1.29 is 23.9 Å². The van der Waals surface area contributed by atoms with Crippen LogP contribution in [0.2, 0.25) is 0 Å². The van der Waals surface area contributed by atoms with Gasteiger partial charge < -0.3 is 14.4 Å². The summed E-state index contributed by atoms with van der Waals surface area (Å²) in [6.45, 7) is 4.44. The van der Waals surface area contributed by atoms with Gasteiger partial charge >= 0.3 is 11.9 Å². The van der Waals surface area contributed by atoms with Crippen molar-refractivity contribution in [2.45, 2.75) is 52.1 Å². The molecule has 0 saturated heterocycles. The van der Waals surface area contributed by atoms with Gasteiger partial charge in [0.15, 0.2) is 5.69 Å². The fourth-order valence-electron chi connectivity index (χ4n) is 2.22. The molecule has 0 unspecified atom stereocenters. The Hall–Kier alpha value is -1.96. The van der Waals surface area contributed by atoms with Gasteiger partial charge in [0.05, 0.1) is 26.2 Å². The quantitative estimate of drug-likeness (QED) is 0.632. The molecule has 8 heteroatoms. The second-order valence-electron chi connectivity index (χ2n) is 5.40. The van der Waals surface area contributed by atoms with Gasteiger partial charge in [0, 0.05) is 17.8 Å². The molecule has 1 fully saturated rings. The zero-order chi connectivity index (χ0) is 17.5. The predicted molar refractivity (Wildman–Crippen MR) is 87.5 cm³/mol. The Labute approximate surface area is 145 Å². The molecule has 0 atom stereocenters. The molecule has 1 amide bonds. The summed E-state index contributed by atoms with van der Waals surface area (Å²) < 4.78 is 9.76. The van der Waals surface area contributed by atoms with Crippen LogP contribution in [0.1, 0.15) is 55.0 Å². The number of ether oxygens (including phenoxy) is 2. The van der Waals surface area contributed by atoms with Crippen LogP contribution in [0.5, 0.6) is 0 Å². The number of hydrogen-bond acceptors (Lipinski definition) is 7. The van der Waals surface area contributed by atoms with Gasteiger partial charge in [-0.1, -0.05) is 0 Å².